The summed E-state index contributed by atoms with van der Waals surface area (Å²) in [6.45, 7) is 3.51. The van der Waals surface area contributed by atoms with Crippen LogP contribution in [0, 0.1) is 5.82 Å². The summed E-state index contributed by atoms with van der Waals surface area (Å²) in [7, 11) is -3.47. The van der Waals surface area contributed by atoms with Crippen molar-refractivity contribution in [2.75, 3.05) is 26.2 Å². The monoisotopic (exact) mass is 457 g/mol. The summed E-state index contributed by atoms with van der Waals surface area (Å²) < 4.78 is 48.5. The van der Waals surface area contributed by atoms with Crippen LogP contribution in [-0.4, -0.2) is 58.8 Å². The SMILES string of the molecule is O=S(=O)(c1ccccc1)N1CCN(Cc2nnn3c2COC(c2cccc(F)c2)C3)CC1. The number of halogens is 1. The Balaban J connectivity index is 1.21. The van der Waals surface area contributed by atoms with Crippen LogP contribution in [0.15, 0.2) is 59.5 Å². The molecule has 168 valence electrons. The molecule has 0 saturated carbocycles. The van der Waals surface area contributed by atoms with Crippen molar-refractivity contribution in [1.29, 1.82) is 0 Å². The van der Waals surface area contributed by atoms with E-state index < -0.39 is 10.0 Å². The molecule has 0 amide bonds. The van der Waals surface area contributed by atoms with Crippen LogP contribution < -0.4 is 0 Å². The van der Waals surface area contributed by atoms with Crippen molar-refractivity contribution in [2.24, 2.45) is 0 Å². The van der Waals surface area contributed by atoms with Crippen molar-refractivity contribution in [3.05, 3.63) is 77.4 Å². The zero-order valence-corrected chi connectivity index (χ0v) is 18.3. The Morgan fingerprint density at radius 3 is 2.56 bits per heavy atom. The highest BCUT2D eigenvalue weighted by Crippen LogP contribution is 2.28. The van der Waals surface area contributed by atoms with Gasteiger partial charge in [0.05, 0.1) is 23.7 Å². The molecule has 0 radical (unpaired) electrons. The fraction of sp³-hybridized carbons (Fsp3) is 0.364. The second kappa shape index (κ2) is 8.70. The molecule has 0 spiro atoms. The Bertz CT molecular complexity index is 1190. The number of aromatic nitrogens is 3. The van der Waals surface area contributed by atoms with Gasteiger partial charge >= 0.3 is 0 Å². The summed E-state index contributed by atoms with van der Waals surface area (Å²) in [5.41, 5.74) is 2.53. The number of rotatable bonds is 5. The number of hydrogen-bond acceptors (Lipinski definition) is 6. The maximum atomic E-state index is 13.5. The molecule has 3 aromatic rings. The average molecular weight is 458 g/mol. The van der Waals surface area contributed by atoms with Gasteiger partial charge in [0.15, 0.2) is 0 Å². The summed E-state index contributed by atoms with van der Waals surface area (Å²) in [5, 5.41) is 8.61. The lowest BCUT2D eigenvalue weighted by molar-refractivity contribution is -0.00232. The first-order valence-corrected chi connectivity index (χ1v) is 12.0. The van der Waals surface area contributed by atoms with E-state index in [9.17, 15) is 12.8 Å². The average Bonchev–Trinajstić information content (AvgIpc) is 3.22. The molecule has 2 aliphatic rings. The quantitative estimate of drug-likeness (QED) is 0.584. The standard InChI is InChI=1S/C22H24FN5O3S/c23-18-6-4-5-17(13-18)22-15-28-21(16-31-22)20(24-25-28)14-26-9-11-27(12-10-26)32(29,30)19-7-2-1-3-8-19/h1-8,13,22H,9-12,14-16H2. The van der Waals surface area contributed by atoms with Crippen LogP contribution in [0.1, 0.15) is 23.1 Å². The Hall–Kier alpha value is -2.66. The Labute approximate surface area is 186 Å². The van der Waals surface area contributed by atoms with E-state index in [1.54, 1.807) is 36.4 Å². The van der Waals surface area contributed by atoms with Crippen LogP contribution in [0.5, 0.6) is 0 Å². The maximum absolute atomic E-state index is 13.5. The molecule has 1 aromatic heterocycles. The second-order valence-electron chi connectivity index (χ2n) is 8.01. The first-order chi connectivity index (χ1) is 15.5. The van der Waals surface area contributed by atoms with Gasteiger partial charge in [0.25, 0.3) is 0 Å². The second-order valence-corrected chi connectivity index (χ2v) is 9.95. The molecule has 2 aliphatic heterocycles. The molecular formula is C22H24FN5O3S. The summed E-state index contributed by atoms with van der Waals surface area (Å²) in [4.78, 5) is 2.51. The van der Waals surface area contributed by atoms with Crippen LogP contribution in [-0.2, 0) is 34.5 Å². The van der Waals surface area contributed by atoms with Crippen molar-refractivity contribution < 1.29 is 17.5 Å². The van der Waals surface area contributed by atoms with Crippen molar-refractivity contribution in [2.45, 2.75) is 30.7 Å². The minimum atomic E-state index is -3.47. The molecule has 0 bridgehead atoms. The fourth-order valence-corrected chi connectivity index (χ4v) is 5.62. The Kier molecular flexibility index (Phi) is 5.76. The van der Waals surface area contributed by atoms with E-state index in [1.165, 1.54) is 16.4 Å². The number of nitrogens with zero attached hydrogens (tertiary/aromatic N) is 5. The van der Waals surface area contributed by atoms with Gasteiger partial charge in [-0.1, -0.05) is 35.5 Å². The predicted octanol–water partition coefficient (Wildman–Crippen LogP) is 2.20. The van der Waals surface area contributed by atoms with E-state index in [2.05, 4.69) is 15.2 Å². The topological polar surface area (TPSA) is 80.6 Å². The van der Waals surface area contributed by atoms with Crippen molar-refractivity contribution >= 4 is 10.0 Å². The van der Waals surface area contributed by atoms with Gasteiger partial charge in [-0.2, -0.15) is 4.31 Å². The largest absolute Gasteiger partial charge is 0.365 e. The summed E-state index contributed by atoms with van der Waals surface area (Å²) >= 11 is 0. The molecule has 5 rings (SSSR count). The maximum Gasteiger partial charge on any atom is 0.243 e. The highest BCUT2D eigenvalue weighted by Gasteiger charge is 2.30. The molecule has 1 saturated heterocycles. The van der Waals surface area contributed by atoms with Gasteiger partial charge in [-0.25, -0.2) is 17.5 Å². The molecular weight excluding hydrogens is 433 g/mol. The highest BCUT2D eigenvalue weighted by molar-refractivity contribution is 7.89. The number of ether oxygens (including phenoxy) is 1. The molecule has 10 heteroatoms. The summed E-state index contributed by atoms with van der Waals surface area (Å²) in [6.07, 6.45) is -0.264. The van der Waals surface area contributed by atoms with Gasteiger partial charge < -0.3 is 4.74 Å². The first-order valence-electron chi connectivity index (χ1n) is 10.6. The zero-order valence-electron chi connectivity index (χ0n) is 17.5. The fourth-order valence-electron chi connectivity index (χ4n) is 4.18. The lowest BCUT2D eigenvalue weighted by Crippen LogP contribution is -2.48. The van der Waals surface area contributed by atoms with Gasteiger partial charge in [-0.3, -0.25) is 4.90 Å². The van der Waals surface area contributed by atoms with Gasteiger partial charge in [0.1, 0.15) is 17.6 Å². The molecule has 2 aromatic carbocycles. The van der Waals surface area contributed by atoms with Gasteiger partial charge in [-0.15, -0.1) is 5.10 Å². The third-order valence-corrected chi connectivity index (χ3v) is 7.90. The van der Waals surface area contributed by atoms with E-state index in [1.807, 2.05) is 10.7 Å². The zero-order chi connectivity index (χ0) is 22.1. The Morgan fingerprint density at radius 1 is 1.03 bits per heavy atom. The third-order valence-electron chi connectivity index (χ3n) is 5.98. The van der Waals surface area contributed by atoms with E-state index >= 15 is 0 Å². The molecule has 0 aliphatic carbocycles. The molecule has 3 heterocycles. The molecule has 8 nitrogen and oxygen atoms in total. The van der Waals surface area contributed by atoms with E-state index in [0.29, 0.717) is 50.8 Å². The number of benzene rings is 2. The van der Waals surface area contributed by atoms with Gasteiger partial charge in [0, 0.05) is 32.7 Å². The van der Waals surface area contributed by atoms with Crippen LogP contribution in [0.3, 0.4) is 0 Å². The van der Waals surface area contributed by atoms with Crippen molar-refractivity contribution in [3.63, 3.8) is 0 Å². The summed E-state index contributed by atoms with van der Waals surface area (Å²) in [6, 6.07) is 14.9. The molecule has 1 unspecified atom stereocenters. The van der Waals surface area contributed by atoms with Gasteiger partial charge in [-0.05, 0) is 29.8 Å². The number of hydrogen-bond donors (Lipinski definition) is 0. The third kappa shape index (κ3) is 4.18. The molecule has 0 N–H and O–H groups in total. The number of piperazine rings is 1. The van der Waals surface area contributed by atoms with Crippen LogP contribution in [0.25, 0.3) is 0 Å². The normalized spacial score (nSPS) is 20.2. The highest BCUT2D eigenvalue weighted by atomic mass is 32.2. The van der Waals surface area contributed by atoms with Crippen molar-refractivity contribution in [3.8, 4) is 0 Å². The summed E-state index contributed by atoms with van der Waals surface area (Å²) in [5.74, 6) is -0.287. The Morgan fingerprint density at radius 2 is 1.81 bits per heavy atom. The van der Waals surface area contributed by atoms with Gasteiger partial charge in [0.2, 0.25) is 10.0 Å². The smallest absolute Gasteiger partial charge is 0.243 e. The van der Waals surface area contributed by atoms with E-state index in [4.69, 9.17) is 4.74 Å². The van der Waals surface area contributed by atoms with E-state index in [0.717, 1.165) is 17.0 Å². The minimum Gasteiger partial charge on any atom is -0.365 e. The number of fused-ring (bicyclic) bond motifs is 1. The van der Waals surface area contributed by atoms with Crippen LogP contribution in [0.4, 0.5) is 4.39 Å². The molecule has 1 fully saturated rings. The minimum absolute atomic E-state index is 0.264. The number of sulfonamides is 1. The predicted molar refractivity (Wildman–Crippen MR) is 114 cm³/mol. The lowest BCUT2D eigenvalue weighted by Gasteiger charge is -2.33. The lowest BCUT2D eigenvalue weighted by atomic mass is 10.1. The molecule has 32 heavy (non-hydrogen) atoms. The van der Waals surface area contributed by atoms with E-state index in [-0.39, 0.29) is 11.9 Å². The van der Waals surface area contributed by atoms with Crippen LogP contribution >= 0.6 is 0 Å². The van der Waals surface area contributed by atoms with Crippen molar-refractivity contribution in [1.82, 2.24) is 24.2 Å². The molecule has 1 atom stereocenters. The van der Waals surface area contributed by atoms with Crippen LogP contribution in [0.2, 0.25) is 0 Å². The first kappa shape index (κ1) is 21.2.